The van der Waals surface area contributed by atoms with Gasteiger partial charge in [0.2, 0.25) is 0 Å². The van der Waals surface area contributed by atoms with E-state index in [1.165, 1.54) is 0 Å². The van der Waals surface area contributed by atoms with E-state index in [9.17, 15) is 9.59 Å². The van der Waals surface area contributed by atoms with Gasteiger partial charge in [0.15, 0.2) is 5.82 Å². The first kappa shape index (κ1) is 21.0. The Morgan fingerprint density at radius 2 is 1.94 bits per heavy atom. The summed E-state index contributed by atoms with van der Waals surface area (Å²) in [5.74, 6) is 1.12. The number of benzene rings is 2. The second-order valence-electron chi connectivity index (χ2n) is 9.49. The van der Waals surface area contributed by atoms with E-state index >= 15 is 0 Å². The molecule has 7 rings (SSSR count). The molecule has 5 aromatic rings. The Bertz CT molecular complexity index is 1770. The van der Waals surface area contributed by atoms with Crippen molar-refractivity contribution in [3.8, 4) is 28.4 Å². The van der Waals surface area contributed by atoms with Crippen molar-refractivity contribution >= 4 is 21.9 Å². The van der Waals surface area contributed by atoms with Crippen molar-refractivity contribution in [3.05, 3.63) is 69.0 Å². The Morgan fingerprint density at radius 1 is 1.08 bits per heavy atom. The maximum atomic E-state index is 13.3. The van der Waals surface area contributed by atoms with Gasteiger partial charge in [-0.3, -0.25) is 24.3 Å². The van der Waals surface area contributed by atoms with Gasteiger partial charge >= 0.3 is 0 Å². The monoisotopic (exact) mass is 481 g/mol. The van der Waals surface area contributed by atoms with Crippen LogP contribution in [0.2, 0.25) is 0 Å². The summed E-state index contributed by atoms with van der Waals surface area (Å²) < 4.78 is 8.13. The van der Waals surface area contributed by atoms with Crippen molar-refractivity contribution in [1.82, 2.24) is 34.6 Å². The average Bonchev–Trinajstić information content (AvgIpc) is 3.46. The molecule has 0 amide bonds. The van der Waals surface area contributed by atoms with Crippen LogP contribution in [0.15, 0.2) is 52.3 Å². The molecule has 10 heteroatoms. The lowest BCUT2D eigenvalue weighted by Gasteiger charge is -2.18. The standard InChI is InChI=1S/C26H23N7O3/c1-14-11-27-24(28-12-14)15-9-19-23-20(10-15)36-16-5-6-32(13-16)7-8-33-26(35)18-4-2-3-17(21(18)31-33)22(30-23)25(34)29-19/h2-4,9-12,16,31H,5-8,13H2,1H3,(H,29,34)/t16-/m0/s1. The van der Waals surface area contributed by atoms with Crippen LogP contribution in [0.4, 0.5) is 0 Å². The van der Waals surface area contributed by atoms with E-state index < -0.39 is 0 Å². The van der Waals surface area contributed by atoms with Crippen LogP contribution in [-0.2, 0) is 6.54 Å². The molecule has 1 saturated heterocycles. The number of para-hydroxylation sites is 1. The first-order valence-electron chi connectivity index (χ1n) is 12.0. The van der Waals surface area contributed by atoms with Crippen LogP contribution >= 0.6 is 0 Å². The van der Waals surface area contributed by atoms with Crippen molar-refractivity contribution in [3.63, 3.8) is 0 Å². The second-order valence-corrected chi connectivity index (χ2v) is 9.49. The third-order valence-corrected chi connectivity index (χ3v) is 7.01. The molecular formula is C26H23N7O3. The Kier molecular flexibility index (Phi) is 4.58. The number of hydrogen-bond acceptors (Lipinski definition) is 7. The zero-order valence-corrected chi connectivity index (χ0v) is 19.6. The summed E-state index contributed by atoms with van der Waals surface area (Å²) in [4.78, 5) is 45.4. The van der Waals surface area contributed by atoms with Crippen LogP contribution in [0, 0.1) is 6.92 Å². The van der Waals surface area contributed by atoms with Crippen LogP contribution in [0.5, 0.6) is 5.75 Å². The zero-order chi connectivity index (χ0) is 24.4. The fraction of sp³-hybridized carbons (Fsp3) is 0.269. The SMILES string of the molecule is Cc1cnc(-c2cc3c4nc(c(=O)[nH]c4c2)-c2cccc4c(=O)n([nH]c24)CCN2CC[C@@H](C2)O3)nc1. The Balaban J connectivity index is 1.51. The lowest BCUT2D eigenvalue weighted by molar-refractivity contribution is 0.199. The van der Waals surface area contributed by atoms with Gasteiger partial charge in [-0.1, -0.05) is 12.1 Å². The van der Waals surface area contributed by atoms with Gasteiger partial charge in [-0.05, 0) is 37.1 Å². The van der Waals surface area contributed by atoms with Crippen molar-refractivity contribution < 1.29 is 4.74 Å². The minimum Gasteiger partial charge on any atom is -0.487 e. The van der Waals surface area contributed by atoms with E-state index in [0.29, 0.717) is 45.6 Å². The highest BCUT2D eigenvalue weighted by Crippen LogP contribution is 2.33. The summed E-state index contributed by atoms with van der Waals surface area (Å²) in [6, 6.07) is 9.08. The Morgan fingerprint density at radius 3 is 2.81 bits per heavy atom. The molecule has 10 nitrogen and oxygen atoms in total. The summed E-state index contributed by atoms with van der Waals surface area (Å²) in [7, 11) is 0. The highest BCUT2D eigenvalue weighted by Gasteiger charge is 2.26. The molecule has 0 radical (unpaired) electrons. The Hall–Kier alpha value is -4.31. The maximum absolute atomic E-state index is 13.3. The molecule has 6 bridgehead atoms. The molecule has 1 unspecified atom stereocenters. The van der Waals surface area contributed by atoms with E-state index in [0.717, 1.165) is 37.2 Å². The van der Waals surface area contributed by atoms with E-state index in [1.807, 2.05) is 19.1 Å². The van der Waals surface area contributed by atoms with Crippen molar-refractivity contribution in [2.75, 3.05) is 19.6 Å². The fourth-order valence-electron chi connectivity index (χ4n) is 5.16. The van der Waals surface area contributed by atoms with E-state index in [-0.39, 0.29) is 22.9 Å². The number of nitrogens with one attached hydrogen (secondary N) is 2. The van der Waals surface area contributed by atoms with Gasteiger partial charge in [-0.2, -0.15) is 0 Å². The molecule has 0 saturated carbocycles. The summed E-state index contributed by atoms with van der Waals surface area (Å²) in [6.07, 6.45) is 4.34. The molecule has 0 spiro atoms. The van der Waals surface area contributed by atoms with Gasteiger partial charge in [-0.15, -0.1) is 0 Å². The van der Waals surface area contributed by atoms with Crippen LogP contribution in [0.25, 0.3) is 44.6 Å². The minimum absolute atomic E-state index is 0.0404. The first-order chi connectivity index (χ1) is 17.5. The highest BCUT2D eigenvalue weighted by atomic mass is 16.5. The maximum Gasteiger partial charge on any atom is 0.275 e. The number of aromatic nitrogens is 6. The number of aromatic amines is 2. The van der Waals surface area contributed by atoms with E-state index in [2.05, 4.69) is 25.0 Å². The first-order valence-corrected chi connectivity index (χ1v) is 12.0. The molecule has 1 fully saturated rings. The molecule has 2 aliphatic rings. The molecule has 2 N–H and O–H groups in total. The number of fused-ring (bicyclic) bond motifs is 5. The summed E-state index contributed by atoms with van der Waals surface area (Å²) in [5, 5.41) is 3.76. The molecule has 0 aliphatic carbocycles. The quantitative estimate of drug-likeness (QED) is 0.377. The zero-order valence-electron chi connectivity index (χ0n) is 19.6. The molecule has 2 aromatic carbocycles. The number of nitrogens with zero attached hydrogens (tertiary/aromatic N) is 5. The Labute approximate surface area is 204 Å². The number of hydrogen-bond donors (Lipinski definition) is 2. The summed E-state index contributed by atoms with van der Waals surface area (Å²) in [5.41, 5.74) is 3.75. The minimum atomic E-state index is -0.351. The third-order valence-electron chi connectivity index (χ3n) is 7.01. The number of H-pyrrole nitrogens is 2. The molecular weight excluding hydrogens is 458 g/mol. The van der Waals surface area contributed by atoms with Gasteiger partial charge in [0, 0.05) is 43.2 Å². The van der Waals surface area contributed by atoms with E-state index in [4.69, 9.17) is 9.72 Å². The lowest BCUT2D eigenvalue weighted by Crippen LogP contribution is -2.30. The molecule has 36 heavy (non-hydrogen) atoms. The normalized spacial score (nSPS) is 19.1. The number of aryl methyl sites for hydroxylation is 1. The molecule has 5 heterocycles. The van der Waals surface area contributed by atoms with Gasteiger partial charge in [0.25, 0.3) is 11.1 Å². The van der Waals surface area contributed by atoms with Crippen LogP contribution < -0.4 is 15.9 Å². The summed E-state index contributed by atoms with van der Waals surface area (Å²) in [6.45, 7) is 4.79. The molecule has 180 valence electrons. The largest absolute Gasteiger partial charge is 0.487 e. The summed E-state index contributed by atoms with van der Waals surface area (Å²) >= 11 is 0. The van der Waals surface area contributed by atoms with Crippen molar-refractivity contribution in [2.24, 2.45) is 0 Å². The molecule has 2 atom stereocenters. The third kappa shape index (κ3) is 3.33. The topological polar surface area (TPSA) is 122 Å². The molecule has 3 aromatic heterocycles. The fourth-order valence-corrected chi connectivity index (χ4v) is 5.16. The number of ether oxygens (including phenoxy) is 1. The smallest absolute Gasteiger partial charge is 0.275 e. The van der Waals surface area contributed by atoms with Gasteiger partial charge in [0.1, 0.15) is 23.1 Å². The van der Waals surface area contributed by atoms with Gasteiger partial charge in [0.05, 0.1) is 23.0 Å². The van der Waals surface area contributed by atoms with Crippen LogP contribution in [-0.4, -0.2) is 60.4 Å². The highest BCUT2D eigenvalue weighted by molar-refractivity contribution is 5.94. The van der Waals surface area contributed by atoms with Gasteiger partial charge < -0.3 is 9.72 Å². The van der Waals surface area contributed by atoms with Crippen LogP contribution in [0.3, 0.4) is 0 Å². The average molecular weight is 482 g/mol. The van der Waals surface area contributed by atoms with Crippen molar-refractivity contribution in [1.29, 1.82) is 0 Å². The lowest BCUT2D eigenvalue weighted by atomic mass is 10.1. The van der Waals surface area contributed by atoms with Gasteiger partial charge in [-0.25, -0.2) is 15.0 Å². The van der Waals surface area contributed by atoms with Crippen molar-refractivity contribution in [2.45, 2.75) is 26.0 Å². The number of rotatable bonds is 1. The predicted octanol–water partition coefficient (Wildman–Crippen LogP) is 2.47. The second kappa shape index (κ2) is 7.85. The van der Waals surface area contributed by atoms with Crippen LogP contribution in [0.1, 0.15) is 12.0 Å². The predicted molar refractivity (Wildman–Crippen MR) is 135 cm³/mol. The van der Waals surface area contributed by atoms with E-state index in [1.54, 1.807) is 35.3 Å². The molecule has 2 aliphatic heterocycles.